The molecule has 0 saturated carbocycles. The molecule has 31 heavy (non-hydrogen) atoms. The van der Waals surface area contributed by atoms with E-state index in [1.54, 1.807) is 0 Å². The van der Waals surface area contributed by atoms with Crippen LogP contribution in [0.3, 0.4) is 0 Å². The maximum Gasteiger partial charge on any atom is 0.240 e. The molecule has 0 aliphatic carbocycles. The standard InChI is InChI=1S/C25H28N4OS/c26-24(27)21-10-6-7-18(15-21)16-23(25(30)29-13-4-1-5-14-29)28-31-22-12-11-19-8-2-3-9-20(19)17-22/h2-3,6-12,15,17,23,28H,1,4-5,13-14,16H2,(H3,26,27). The SMILES string of the molecule is N=C(N)c1cccc(CC(NSc2ccc3ccccc3c2)C(=O)N2CCCCC2)c1. The van der Waals surface area contributed by atoms with Crippen LogP contribution < -0.4 is 10.5 Å². The minimum Gasteiger partial charge on any atom is -0.384 e. The number of fused-ring (bicyclic) bond motifs is 1. The molecule has 1 atom stereocenters. The Morgan fingerprint density at radius 3 is 2.55 bits per heavy atom. The fourth-order valence-corrected chi connectivity index (χ4v) is 4.77. The molecule has 1 unspecified atom stereocenters. The Morgan fingerprint density at radius 1 is 1.00 bits per heavy atom. The molecular formula is C25H28N4OS. The van der Waals surface area contributed by atoms with Gasteiger partial charge in [-0.2, -0.15) is 0 Å². The zero-order chi connectivity index (χ0) is 21.6. The fraction of sp³-hybridized carbons (Fsp3) is 0.280. The lowest BCUT2D eigenvalue weighted by Crippen LogP contribution is -2.47. The Bertz CT molecular complexity index is 1080. The van der Waals surface area contributed by atoms with Crippen LogP contribution in [0.15, 0.2) is 71.6 Å². The third-order valence-corrected chi connectivity index (χ3v) is 6.58. The second-order valence-electron chi connectivity index (χ2n) is 7.99. The van der Waals surface area contributed by atoms with E-state index in [2.05, 4.69) is 35.1 Å². The molecule has 3 aromatic rings. The van der Waals surface area contributed by atoms with Gasteiger partial charge >= 0.3 is 0 Å². The summed E-state index contributed by atoms with van der Waals surface area (Å²) < 4.78 is 3.44. The predicted molar refractivity (Wildman–Crippen MR) is 128 cm³/mol. The number of likely N-dealkylation sites (tertiary alicyclic amines) is 1. The van der Waals surface area contributed by atoms with Gasteiger partial charge in [-0.15, -0.1) is 0 Å². The molecule has 1 saturated heterocycles. The number of piperidine rings is 1. The lowest BCUT2D eigenvalue weighted by atomic mass is 10.0. The molecule has 3 aromatic carbocycles. The monoisotopic (exact) mass is 432 g/mol. The van der Waals surface area contributed by atoms with Crippen LogP contribution >= 0.6 is 11.9 Å². The average molecular weight is 433 g/mol. The molecule has 1 aliphatic rings. The number of hydrogen-bond donors (Lipinski definition) is 3. The smallest absolute Gasteiger partial charge is 0.240 e. The summed E-state index contributed by atoms with van der Waals surface area (Å²) >= 11 is 1.50. The van der Waals surface area contributed by atoms with E-state index in [0.717, 1.165) is 36.4 Å². The maximum atomic E-state index is 13.3. The van der Waals surface area contributed by atoms with Crippen molar-refractivity contribution in [2.45, 2.75) is 36.6 Å². The maximum absolute atomic E-state index is 13.3. The molecule has 6 heteroatoms. The molecule has 160 valence electrons. The van der Waals surface area contributed by atoms with E-state index in [1.165, 1.54) is 29.1 Å². The van der Waals surface area contributed by atoms with Gasteiger partial charge in [-0.05, 0) is 72.2 Å². The van der Waals surface area contributed by atoms with Gasteiger partial charge in [0.2, 0.25) is 5.91 Å². The van der Waals surface area contributed by atoms with Crippen molar-refractivity contribution in [1.29, 1.82) is 5.41 Å². The van der Waals surface area contributed by atoms with Crippen LogP contribution in [-0.4, -0.2) is 35.8 Å². The quantitative estimate of drug-likeness (QED) is 0.295. The Hall–Kier alpha value is -2.83. The molecule has 0 bridgehead atoms. The Morgan fingerprint density at radius 2 is 1.77 bits per heavy atom. The van der Waals surface area contributed by atoms with Gasteiger partial charge in [0.1, 0.15) is 11.9 Å². The second kappa shape index (κ2) is 9.98. The summed E-state index contributed by atoms with van der Waals surface area (Å²) in [5.74, 6) is 0.181. The number of benzene rings is 3. The minimum atomic E-state index is -0.350. The first kappa shape index (κ1) is 21.4. The van der Waals surface area contributed by atoms with Gasteiger partial charge in [0.05, 0.1) is 0 Å². The van der Waals surface area contributed by atoms with Crippen LogP contribution in [0, 0.1) is 5.41 Å². The van der Waals surface area contributed by atoms with E-state index < -0.39 is 0 Å². The predicted octanol–water partition coefficient (Wildman–Crippen LogP) is 4.34. The van der Waals surface area contributed by atoms with E-state index >= 15 is 0 Å². The number of nitrogens with zero attached hydrogens (tertiary/aromatic N) is 1. The highest BCUT2D eigenvalue weighted by Crippen LogP contribution is 2.23. The number of nitrogens with one attached hydrogen (secondary N) is 2. The highest BCUT2D eigenvalue weighted by atomic mass is 32.2. The van der Waals surface area contributed by atoms with Crippen molar-refractivity contribution in [2.75, 3.05) is 13.1 Å². The van der Waals surface area contributed by atoms with Crippen molar-refractivity contribution in [1.82, 2.24) is 9.62 Å². The molecule has 1 heterocycles. The fourth-order valence-electron chi connectivity index (χ4n) is 3.99. The third kappa shape index (κ3) is 5.46. The van der Waals surface area contributed by atoms with Crippen molar-refractivity contribution in [2.24, 2.45) is 5.73 Å². The highest BCUT2D eigenvalue weighted by Gasteiger charge is 2.26. The van der Waals surface area contributed by atoms with Crippen molar-refractivity contribution in [3.63, 3.8) is 0 Å². The van der Waals surface area contributed by atoms with E-state index in [4.69, 9.17) is 11.1 Å². The minimum absolute atomic E-state index is 0.0410. The van der Waals surface area contributed by atoms with Crippen molar-refractivity contribution in [3.8, 4) is 0 Å². The van der Waals surface area contributed by atoms with Gasteiger partial charge in [-0.3, -0.25) is 10.2 Å². The molecule has 1 aliphatic heterocycles. The molecule has 1 amide bonds. The summed E-state index contributed by atoms with van der Waals surface area (Å²) in [6, 6.07) is 21.9. The topological polar surface area (TPSA) is 82.2 Å². The van der Waals surface area contributed by atoms with Crippen LogP contribution in [-0.2, 0) is 11.2 Å². The molecule has 4 N–H and O–H groups in total. The van der Waals surface area contributed by atoms with Crippen molar-refractivity contribution < 1.29 is 4.79 Å². The molecule has 1 fully saturated rings. The lowest BCUT2D eigenvalue weighted by Gasteiger charge is -2.30. The highest BCUT2D eigenvalue weighted by molar-refractivity contribution is 7.97. The molecule has 4 rings (SSSR count). The molecule has 0 spiro atoms. The third-order valence-electron chi connectivity index (χ3n) is 5.68. The van der Waals surface area contributed by atoms with Crippen molar-refractivity contribution in [3.05, 3.63) is 77.9 Å². The number of carbonyl (C=O) groups is 1. The first-order valence-corrected chi connectivity index (χ1v) is 11.5. The Labute approximate surface area is 187 Å². The van der Waals surface area contributed by atoms with Crippen LogP contribution in [0.1, 0.15) is 30.4 Å². The van der Waals surface area contributed by atoms with Crippen LogP contribution in [0.5, 0.6) is 0 Å². The van der Waals surface area contributed by atoms with E-state index in [9.17, 15) is 4.79 Å². The summed E-state index contributed by atoms with van der Waals surface area (Å²) in [5, 5.41) is 10.1. The van der Waals surface area contributed by atoms with E-state index in [0.29, 0.717) is 12.0 Å². The normalized spacial score (nSPS) is 15.0. The zero-order valence-corrected chi connectivity index (χ0v) is 18.3. The number of carbonyl (C=O) groups excluding carboxylic acids is 1. The summed E-state index contributed by atoms with van der Waals surface area (Å²) in [4.78, 5) is 16.4. The summed E-state index contributed by atoms with van der Waals surface area (Å²) in [7, 11) is 0. The summed E-state index contributed by atoms with van der Waals surface area (Å²) in [6.07, 6.45) is 3.87. The van der Waals surface area contributed by atoms with Crippen molar-refractivity contribution >= 4 is 34.5 Å². The Kier molecular flexibility index (Phi) is 6.89. The van der Waals surface area contributed by atoms with Gasteiger partial charge < -0.3 is 10.6 Å². The molecule has 0 radical (unpaired) electrons. The molecule has 5 nitrogen and oxygen atoms in total. The first-order valence-electron chi connectivity index (χ1n) is 10.7. The summed E-state index contributed by atoms with van der Waals surface area (Å²) in [5.41, 5.74) is 7.34. The number of nitrogen functional groups attached to an aromatic ring is 1. The van der Waals surface area contributed by atoms with Crippen LogP contribution in [0.4, 0.5) is 0 Å². The number of rotatable bonds is 7. The van der Waals surface area contributed by atoms with Gasteiger partial charge in [0, 0.05) is 23.5 Å². The first-order chi connectivity index (χ1) is 15.1. The Balaban J connectivity index is 1.52. The van der Waals surface area contributed by atoms with Crippen LogP contribution in [0.25, 0.3) is 10.8 Å². The van der Waals surface area contributed by atoms with Gasteiger partial charge in [-0.1, -0.05) is 48.5 Å². The average Bonchev–Trinajstić information content (AvgIpc) is 2.82. The van der Waals surface area contributed by atoms with Gasteiger partial charge in [-0.25, -0.2) is 4.72 Å². The van der Waals surface area contributed by atoms with E-state index in [-0.39, 0.29) is 17.8 Å². The lowest BCUT2D eigenvalue weighted by molar-refractivity contribution is -0.133. The van der Waals surface area contributed by atoms with Crippen LogP contribution in [0.2, 0.25) is 0 Å². The molecular weight excluding hydrogens is 404 g/mol. The molecule has 0 aromatic heterocycles. The number of hydrogen-bond acceptors (Lipinski definition) is 4. The largest absolute Gasteiger partial charge is 0.384 e. The number of nitrogens with two attached hydrogens (primary N) is 1. The summed E-state index contributed by atoms with van der Waals surface area (Å²) in [6.45, 7) is 1.65. The van der Waals surface area contributed by atoms with Gasteiger partial charge in [0.25, 0.3) is 0 Å². The zero-order valence-electron chi connectivity index (χ0n) is 17.5. The second-order valence-corrected chi connectivity index (χ2v) is 8.90. The van der Waals surface area contributed by atoms with E-state index in [1.807, 2.05) is 41.3 Å². The number of amides is 1. The number of amidine groups is 1. The van der Waals surface area contributed by atoms with Gasteiger partial charge in [0.15, 0.2) is 0 Å².